The Morgan fingerprint density at radius 3 is 2.67 bits per heavy atom. The minimum atomic E-state index is 0.132. The first-order valence-corrected chi connectivity index (χ1v) is 7.83. The molecule has 0 aromatic carbocycles. The van der Waals surface area contributed by atoms with Gasteiger partial charge in [0, 0.05) is 18.7 Å². The fourth-order valence-corrected chi connectivity index (χ4v) is 3.75. The Hall–Kier alpha value is -0.120. The fraction of sp³-hybridized carbons (Fsp3) is 1.00. The van der Waals surface area contributed by atoms with E-state index in [9.17, 15) is 0 Å². The zero-order valence-electron chi connectivity index (χ0n) is 12.1. The minimum absolute atomic E-state index is 0.132. The molecule has 3 unspecified atom stereocenters. The van der Waals surface area contributed by atoms with E-state index in [1.165, 1.54) is 25.7 Å². The van der Waals surface area contributed by atoms with Gasteiger partial charge < -0.3 is 15.8 Å². The third-order valence-corrected chi connectivity index (χ3v) is 5.19. The molecule has 3 N–H and O–H groups in total. The van der Waals surface area contributed by atoms with Gasteiger partial charge >= 0.3 is 0 Å². The number of ether oxygens (including phenoxy) is 1. The smallest absolute Gasteiger partial charge is 0.0692 e. The highest BCUT2D eigenvalue weighted by atomic mass is 16.5. The number of hydrogen-bond acceptors (Lipinski definition) is 3. The maximum Gasteiger partial charge on any atom is 0.0692 e. The molecule has 3 heteroatoms. The zero-order valence-corrected chi connectivity index (χ0v) is 12.1. The second-order valence-corrected chi connectivity index (χ2v) is 6.13. The summed E-state index contributed by atoms with van der Waals surface area (Å²) >= 11 is 0. The van der Waals surface area contributed by atoms with Crippen LogP contribution in [0.5, 0.6) is 0 Å². The lowest BCUT2D eigenvalue weighted by Gasteiger charge is -2.41. The molecule has 0 spiro atoms. The van der Waals surface area contributed by atoms with Gasteiger partial charge in [-0.2, -0.15) is 0 Å². The number of rotatable bonds is 5. The molecule has 1 aliphatic carbocycles. The van der Waals surface area contributed by atoms with E-state index in [4.69, 9.17) is 10.5 Å². The summed E-state index contributed by atoms with van der Waals surface area (Å²) in [5.74, 6) is 0.700. The highest BCUT2D eigenvalue weighted by molar-refractivity contribution is 4.92. The molecule has 106 valence electrons. The summed E-state index contributed by atoms with van der Waals surface area (Å²) in [5, 5.41) is 3.88. The maximum atomic E-state index is 6.05. The van der Waals surface area contributed by atoms with Gasteiger partial charge in [0.15, 0.2) is 0 Å². The van der Waals surface area contributed by atoms with Crippen LogP contribution in [0.2, 0.25) is 0 Å². The third kappa shape index (κ3) is 3.06. The predicted molar refractivity (Wildman–Crippen MR) is 75.6 cm³/mol. The van der Waals surface area contributed by atoms with Crippen LogP contribution in [0.1, 0.15) is 58.8 Å². The van der Waals surface area contributed by atoms with Crippen LogP contribution in [0, 0.1) is 5.92 Å². The molecule has 0 bridgehead atoms. The lowest BCUT2D eigenvalue weighted by molar-refractivity contribution is -0.0944. The quantitative estimate of drug-likeness (QED) is 0.792. The Kier molecular flexibility index (Phi) is 5.05. The Morgan fingerprint density at radius 1 is 1.22 bits per heavy atom. The molecule has 0 aromatic rings. The van der Waals surface area contributed by atoms with Crippen LogP contribution in [-0.4, -0.2) is 30.8 Å². The molecule has 18 heavy (non-hydrogen) atoms. The summed E-state index contributed by atoms with van der Waals surface area (Å²) in [7, 11) is 0. The zero-order chi connectivity index (χ0) is 13.0. The van der Waals surface area contributed by atoms with Crippen LogP contribution >= 0.6 is 0 Å². The van der Waals surface area contributed by atoms with Gasteiger partial charge in [-0.1, -0.05) is 20.3 Å². The fourth-order valence-electron chi connectivity index (χ4n) is 3.75. The van der Waals surface area contributed by atoms with E-state index in [0.29, 0.717) is 18.0 Å². The van der Waals surface area contributed by atoms with Crippen LogP contribution in [0.25, 0.3) is 0 Å². The molecule has 2 fully saturated rings. The van der Waals surface area contributed by atoms with Crippen LogP contribution in [-0.2, 0) is 4.74 Å². The molecule has 3 atom stereocenters. The van der Waals surface area contributed by atoms with E-state index in [1.54, 1.807) is 0 Å². The van der Waals surface area contributed by atoms with Crippen molar-refractivity contribution in [3.05, 3.63) is 0 Å². The topological polar surface area (TPSA) is 47.3 Å². The van der Waals surface area contributed by atoms with Gasteiger partial charge in [-0.05, 0) is 51.0 Å². The molecule has 1 saturated heterocycles. The third-order valence-electron chi connectivity index (χ3n) is 5.19. The summed E-state index contributed by atoms with van der Waals surface area (Å²) in [6.45, 7) is 6.27. The van der Waals surface area contributed by atoms with E-state index < -0.39 is 0 Å². The first-order chi connectivity index (χ1) is 8.73. The van der Waals surface area contributed by atoms with Crippen LogP contribution < -0.4 is 11.1 Å². The van der Waals surface area contributed by atoms with E-state index in [1.807, 2.05) is 0 Å². The van der Waals surface area contributed by atoms with Crippen molar-refractivity contribution in [1.29, 1.82) is 0 Å². The monoisotopic (exact) mass is 254 g/mol. The average Bonchev–Trinajstić information content (AvgIpc) is 2.86. The van der Waals surface area contributed by atoms with Gasteiger partial charge in [0.1, 0.15) is 0 Å². The molecule has 1 saturated carbocycles. The van der Waals surface area contributed by atoms with Gasteiger partial charge in [0.25, 0.3) is 0 Å². The predicted octanol–water partition coefficient (Wildman–Crippen LogP) is 2.44. The Morgan fingerprint density at radius 2 is 2.00 bits per heavy atom. The lowest BCUT2D eigenvalue weighted by Crippen LogP contribution is -2.50. The highest BCUT2D eigenvalue weighted by Gasteiger charge is 2.36. The molecular weight excluding hydrogens is 224 g/mol. The van der Waals surface area contributed by atoms with Crippen molar-refractivity contribution < 1.29 is 4.74 Å². The van der Waals surface area contributed by atoms with E-state index in [-0.39, 0.29) is 5.60 Å². The molecule has 1 aliphatic heterocycles. The van der Waals surface area contributed by atoms with Gasteiger partial charge in [-0.15, -0.1) is 0 Å². The first-order valence-electron chi connectivity index (χ1n) is 7.83. The maximum absolute atomic E-state index is 6.05. The largest absolute Gasteiger partial charge is 0.375 e. The van der Waals surface area contributed by atoms with E-state index >= 15 is 0 Å². The summed E-state index contributed by atoms with van der Waals surface area (Å²) < 4.78 is 6.05. The lowest BCUT2D eigenvalue weighted by atomic mass is 9.85. The second kappa shape index (κ2) is 6.36. The molecule has 0 aromatic heterocycles. The van der Waals surface area contributed by atoms with Crippen molar-refractivity contribution in [2.24, 2.45) is 11.7 Å². The minimum Gasteiger partial charge on any atom is -0.375 e. The van der Waals surface area contributed by atoms with E-state index in [0.717, 1.165) is 32.4 Å². The standard InChI is InChI=1S/C15H30N2O/c1-3-15(4-2)10-13(8-9-18-15)17-14-7-5-6-12(14)11-16/h12-14,17H,3-11,16H2,1-2H3. The summed E-state index contributed by atoms with van der Waals surface area (Å²) in [4.78, 5) is 0. The summed E-state index contributed by atoms with van der Waals surface area (Å²) in [6.07, 6.45) is 8.56. The number of hydrogen-bond donors (Lipinski definition) is 2. The Labute approximate surface area is 112 Å². The molecular formula is C15H30N2O. The van der Waals surface area contributed by atoms with E-state index in [2.05, 4.69) is 19.2 Å². The number of nitrogens with one attached hydrogen (secondary N) is 1. The van der Waals surface area contributed by atoms with Crippen LogP contribution in [0.3, 0.4) is 0 Å². The number of nitrogens with two attached hydrogens (primary N) is 1. The molecule has 0 amide bonds. The SMILES string of the molecule is CCC1(CC)CC(NC2CCCC2CN)CCO1. The van der Waals surface area contributed by atoms with Crippen molar-refractivity contribution in [3.63, 3.8) is 0 Å². The van der Waals surface area contributed by atoms with Crippen molar-refractivity contribution >= 4 is 0 Å². The molecule has 0 radical (unpaired) electrons. The Bertz CT molecular complexity index is 253. The van der Waals surface area contributed by atoms with Crippen molar-refractivity contribution in [2.45, 2.75) is 76.5 Å². The molecule has 2 rings (SSSR count). The average molecular weight is 254 g/mol. The normalized spacial score (nSPS) is 35.8. The Balaban J connectivity index is 1.89. The molecule has 2 aliphatic rings. The highest BCUT2D eigenvalue weighted by Crippen LogP contribution is 2.33. The van der Waals surface area contributed by atoms with Crippen molar-refractivity contribution in [2.75, 3.05) is 13.2 Å². The summed E-state index contributed by atoms with van der Waals surface area (Å²) in [5.41, 5.74) is 6.00. The summed E-state index contributed by atoms with van der Waals surface area (Å²) in [6, 6.07) is 1.29. The van der Waals surface area contributed by atoms with Gasteiger partial charge in [-0.25, -0.2) is 0 Å². The van der Waals surface area contributed by atoms with Gasteiger partial charge in [0.05, 0.1) is 5.60 Å². The molecule has 3 nitrogen and oxygen atoms in total. The van der Waals surface area contributed by atoms with Crippen molar-refractivity contribution in [1.82, 2.24) is 5.32 Å². The second-order valence-electron chi connectivity index (χ2n) is 6.13. The molecule has 1 heterocycles. The van der Waals surface area contributed by atoms with Crippen LogP contribution in [0.4, 0.5) is 0 Å². The van der Waals surface area contributed by atoms with Gasteiger partial charge in [-0.3, -0.25) is 0 Å². The van der Waals surface area contributed by atoms with Gasteiger partial charge in [0.2, 0.25) is 0 Å². The first kappa shape index (κ1) is 14.3. The van der Waals surface area contributed by atoms with Crippen LogP contribution in [0.15, 0.2) is 0 Å². The van der Waals surface area contributed by atoms with Crippen molar-refractivity contribution in [3.8, 4) is 0 Å².